The van der Waals surface area contributed by atoms with Crippen LogP contribution in [0.3, 0.4) is 0 Å². The highest BCUT2D eigenvalue weighted by Crippen LogP contribution is 2.35. The SMILES string of the molecule is COCCCN=C1Nc2ccccc2NC12CCNCC2. The van der Waals surface area contributed by atoms with E-state index in [0.717, 1.165) is 57.0 Å². The predicted octanol–water partition coefficient (Wildman–Crippen LogP) is 2.08. The maximum Gasteiger partial charge on any atom is 0.127 e. The van der Waals surface area contributed by atoms with Gasteiger partial charge in [0.2, 0.25) is 0 Å². The van der Waals surface area contributed by atoms with E-state index in [1.807, 2.05) is 0 Å². The fraction of sp³-hybridized carbons (Fsp3) is 0.562. The number of hydrogen-bond donors (Lipinski definition) is 3. The summed E-state index contributed by atoms with van der Waals surface area (Å²) in [5, 5.41) is 10.7. The van der Waals surface area contributed by atoms with Gasteiger partial charge in [0, 0.05) is 20.3 Å². The Morgan fingerprint density at radius 1 is 1.19 bits per heavy atom. The summed E-state index contributed by atoms with van der Waals surface area (Å²) < 4.78 is 5.11. The summed E-state index contributed by atoms with van der Waals surface area (Å²) in [7, 11) is 1.73. The van der Waals surface area contributed by atoms with Gasteiger partial charge < -0.3 is 20.7 Å². The Bertz CT molecular complexity index is 509. The van der Waals surface area contributed by atoms with Gasteiger partial charge in [-0.25, -0.2) is 0 Å². The molecule has 3 N–H and O–H groups in total. The van der Waals surface area contributed by atoms with Crippen molar-refractivity contribution < 1.29 is 4.74 Å². The fourth-order valence-electron chi connectivity index (χ4n) is 3.07. The Morgan fingerprint density at radius 3 is 2.71 bits per heavy atom. The Balaban J connectivity index is 1.84. The molecule has 0 saturated carbocycles. The standard InChI is InChI=1S/C16H24N4O/c1-21-12-4-9-18-15-16(7-10-17-11-8-16)20-14-6-3-2-5-13(14)19-15/h2-3,5-6,17,20H,4,7-12H2,1H3,(H,18,19). The Kier molecular flexibility index (Phi) is 4.41. The molecule has 1 saturated heterocycles. The van der Waals surface area contributed by atoms with Crippen molar-refractivity contribution in [3.63, 3.8) is 0 Å². The molecule has 0 amide bonds. The highest BCUT2D eigenvalue weighted by Gasteiger charge is 2.40. The monoisotopic (exact) mass is 288 g/mol. The van der Waals surface area contributed by atoms with Crippen LogP contribution in [-0.2, 0) is 4.74 Å². The second-order valence-electron chi connectivity index (χ2n) is 5.70. The minimum atomic E-state index is -0.0489. The quantitative estimate of drug-likeness (QED) is 0.743. The van der Waals surface area contributed by atoms with Gasteiger partial charge in [-0.2, -0.15) is 0 Å². The Labute approximate surface area is 126 Å². The largest absolute Gasteiger partial charge is 0.385 e. The molecule has 2 aliphatic rings. The summed E-state index contributed by atoms with van der Waals surface area (Å²) in [6, 6.07) is 8.36. The average Bonchev–Trinajstić information content (AvgIpc) is 2.53. The smallest absolute Gasteiger partial charge is 0.127 e. The molecule has 5 nitrogen and oxygen atoms in total. The lowest BCUT2D eigenvalue weighted by molar-refractivity contribution is 0.197. The number of para-hydroxylation sites is 2. The number of nitrogens with one attached hydrogen (secondary N) is 3. The molecule has 21 heavy (non-hydrogen) atoms. The van der Waals surface area contributed by atoms with Crippen LogP contribution in [0.25, 0.3) is 0 Å². The van der Waals surface area contributed by atoms with E-state index in [9.17, 15) is 0 Å². The first-order valence-corrected chi connectivity index (χ1v) is 7.73. The third kappa shape index (κ3) is 3.04. The highest BCUT2D eigenvalue weighted by molar-refractivity contribution is 6.09. The van der Waals surface area contributed by atoms with E-state index in [0.29, 0.717) is 0 Å². The molecular weight excluding hydrogens is 264 g/mol. The number of rotatable bonds is 4. The van der Waals surface area contributed by atoms with Gasteiger partial charge in [-0.15, -0.1) is 0 Å². The molecule has 1 aromatic carbocycles. The van der Waals surface area contributed by atoms with Crippen molar-refractivity contribution in [2.24, 2.45) is 4.99 Å². The number of nitrogens with zero attached hydrogens (tertiary/aromatic N) is 1. The van der Waals surface area contributed by atoms with Crippen LogP contribution in [0.4, 0.5) is 11.4 Å². The van der Waals surface area contributed by atoms with Crippen LogP contribution in [0.15, 0.2) is 29.3 Å². The Hall–Kier alpha value is -1.59. The first-order valence-electron chi connectivity index (χ1n) is 7.73. The second-order valence-corrected chi connectivity index (χ2v) is 5.70. The fourth-order valence-corrected chi connectivity index (χ4v) is 3.07. The van der Waals surface area contributed by atoms with Crippen molar-refractivity contribution in [1.29, 1.82) is 0 Å². The van der Waals surface area contributed by atoms with Crippen LogP contribution in [0.1, 0.15) is 19.3 Å². The topological polar surface area (TPSA) is 57.7 Å². The van der Waals surface area contributed by atoms with Crippen LogP contribution >= 0.6 is 0 Å². The van der Waals surface area contributed by atoms with Crippen LogP contribution in [0.2, 0.25) is 0 Å². The zero-order valence-electron chi connectivity index (χ0n) is 12.6. The minimum Gasteiger partial charge on any atom is -0.385 e. The molecule has 1 aromatic rings. The Morgan fingerprint density at radius 2 is 1.95 bits per heavy atom. The normalized spacial score (nSPS) is 21.7. The minimum absolute atomic E-state index is 0.0489. The molecule has 0 atom stereocenters. The average molecular weight is 288 g/mol. The first-order chi connectivity index (χ1) is 10.3. The van der Waals surface area contributed by atoms with Gasteiger partial charge in [0.05, 0.1) is 16.9 Å². The van der Waals surface area contributed by atoms with Crippen molar-refractivity contribution in [2.45, 2.75) is 24.8 Å². The van der Waals surface area contributed by atoms with E-state index >= 15 is 0 Å². The molecule has 0 aromatic heterocycles. The molecule has 0 unspecified atom stereocenters. The van der Waals surface area contributed by atoms with Crippen molar-refractivity contribution in [1.82, 2.24) is 5.32 Å². The molecular formula is C16H24N4O. The van der Waals surface area contributed by atoms with E-state index in [1.54, 1.807) is 7.11 Å². The molecule has 0 radical (unpaired) electrons. The summed E-state index contributed by atoms with van der Waals surface area (Å²) in [5.74, 6) is 1.08. The molecule has 1 fully saturated rings. The van der Waals surface area contributed by atoms with E-state index in [1.165, 1.54) is 5.69 Å². The predicted molar refractivity (Wildman–Crippen MR) is 87.3 cm³/mol. The number of amidine groups is 1. The van der Waals surface area contributed by atoms with E-state index in [4.69, 9.17) is 9.73 Å². The van der Waals surface area contributed by atoms with Crippen molar-refractivity contribution in [3.05, 3.63) is 24.3 Å². The number of fused-ring (bicyclic) bond motifs is 1. The van der Waals surface area contributed by atoms with Crippen LogP contribution < -0.4 is 16.0 Å². The number of aliphatic imine (C=N–C) groups is 1. The summed E-state index contributed by atoms with van der Waals surface area (Å²) >= 11 is 0. The van der Waals surface area contributed by atoms with E-state index in [2.05, 4.69) is 40.2 Å². The summed E-state index contributed by atoms with van der Waals surface area (Å²) in [6.45, 7) is 3.60. The number of ether oxygens (including phenoxy) is 1. The third-order valence-electron chi connectivity index (χ3n) is 4.24. The lowest BCUT2D eigenvalue weighted by Crippen LogP contribution is -2.57. The van der Waals surface area contributed by atoms with Crippen molar-refractivity contribution >= 4 is 17.2 Å². The number of methoxy groups -OCH3 is 1. The molecule has 2 heterocycles. The zero-order chi connectivity index (χ0) is 14.5. The van der Waals surface area contributed by atoms with Crippen LogP contribution in [0, 0.1) is 0 Å². The summed E-state index contributed by atoms with van der Waals surface area (Å²) in [6.07, 6.45) is 3.06. The van der Waals surface area contributed by atoms with Gasteiger partial charge in [-0.05, 0) is 44.5 Å². The van der Waals surface area contributed by atoms with Gasteiger partial charge in [0.15, 0.2) is 0 Å². The van der Waals surface area contributed by atoms with Gasteiger partial charge >= 0.3 is 0 Å². The van der Waals surface area contributed by atoms with Gasteiger partial charge in [0.1, 0.15) is 5.84 Å². The molecule has 0 bridgehead atoms. The summed E-state index contributed by atoms with van der Waals surface area (Å²) in [4.78, 5) is 4.83. The number of hydrogen-bond acceptors (Lipinski definition) is 4. The molecule has 1 spiro atoms. The van der Waals surface area contributed by atoms with Gasteiger partial charge in [-0.3, -0.25) is 4.99 Å². The van der Waals surface area contributed by atoms with E-state index in [-0.39, 0.29) is 5.54 Å². The first kappa shape index (κ1) is 14.4. The molecule has 3 rings (SSSR count). The molecule has 5 heteroatoms. The number of piperidine rings is 1. The molecule has 0 aliphatic carbocycles. The number of benzene rings is 1. The van der Waals surface area contributed by atoms with E-state index < -0.39 is 0 Å². The van der Waals surface area contributed by atoms with Gasteiger partial charge in [-0.1, -0.05) is 12.1 Å². The lowest BCUT2D eigenvalue weighted by atomic mass is 9.84. The maximum absolute atomic E-state index is 5.11. The summed E-state index contributed by atoms with van der Waals surface area (Å²) in [5.41, 5.74) is 2.24. The van der Waals surface area contributed by atoms with Gasteiger partial charge in [0.25, 0.3) is 0 Å². The maximum atomic E-state index is 5.11. The molecule has 2 aliphatic heterocycles. The lowest BCUT2D eigenvalue weighted by Gasteiger charge is -2.44. The second kappa shape index (κ2) is 6.45. The highest BCUT2D eigenvalue weighted by atomic mass is 16.5. The van der Waals surface area contributed by atoms with Crippen molar-refractivity contribution in [2.75, 3.05) is 44.0 Å². The van der Waals surface area contributed by atoms with Crippen LogP contribution in [0.5, 0.6) is 0 Å². The molecule has 114 valence electrons. The third-order valence-corrected chi connectivity index (χ3v) is 4.24. The van der Waals surface area contributed by atoms with Crippen LogP contribution in [-0.4, -0.2) is 44.7 Å². The van der Waals surface area contributed by atoms with Crippen molar-refractivity contribution in [3.8, 4) is 0 Å². The number of anilines is 2. The zero-order valence-corrected chi connectivity index (χ0v) is 12.6.